The van der Waals surface area contributed by atoms with E-state index in [9.17, 15) is 13.2 Å². The summed E-state index contributed by atoms with van der Waals surface area (Å²) in [6, 6.07) is 8.74. The Balaban J connectivity index is 2.13. The number of rotatable bonds is 6. The van der Waals surface area contributed by atoms with Crippen molar-refractivity contribution in [3.63, 3.8) is 0 Å². The van der Waals surface area contributed by atoms with Gasteiger partial charge in [-0.2, -0.15) is 4.31 Å². The number of likely N-dealkylation sites (N-methyl/N-ethyl adjacent to an activating group) is 1. The highest BCUT2D eigenvalue weighted by molar-refractivity contribution is 7.91. The Labute approximate surface area is 151 Å². The summed E-state index contributed by atoms with van der Waals surface area (Å²) in [4.78, 5) is 12.3. The van der Waals surface area contributed by atoms with E-state index >= 15 is 0 Å². The van der Waals surface area contributed by atoms with E-state index in [0.717, 1.165) is 38.9 Å². The molecule has 1 aromatic carbocycles. The minimum absolute atomic E-state index is 0.118. The van der Waals surface area contributed by atoms with Crippen LogP contribution in [0.25, 0.3) is 0 Å². The first-order valence-corrected chi connectivity index (χ1v) is 9.99. The van der Waals surface area contributed by atoms with Crippen LogP contribution in [0.1, 0.15) is 18.1 Å². The lowest BCUT2D eigenvalue weighted by molar-refractivity contribution is -0.116. The van der Waals surface area contributed by atoms with Crippen molar-refractivity contribution in [3.05, 3.63) is 45.8 Å². The molecule has 0 aliphatic rings. The number of aryl methyl sites for hydroxylation is 2. The fourth-order valence-electron chi connectivity index (χ4n) is 2.26. The molecule has 1 N–H and O–H groups in total. The average molecular weight is 387 g/mol. The van der Waals surface area contributed by atoms with E-state index in [1.165, 1.54) is 19.2 Å². The molecule has 2 aromatic rings. The van der Waals surface area contributed by atoms with Gasteiger partial charge in [0.15, 0.2) is 0 Å². The van der Waals surface area contributed by atoms with Crippen molar-refractivity contribution in [2.24, 2.45) is 0 Å². The maximum atomic E-state index is 12.4. The average Bonchev–Trinajstić information content (AvgIpc) is 2.96. The number of carbonyl (C=O) groups excluding carboxylic acids is 1. The fraction of sp³-hybridized carbons (Fsp3) is 0.312. The molecule has 0 unspecified atom stereocenters. The second-order valence-corrected chi connectivity index (χ2v) is 9.32. The summed E-state index contributed by atoms with van der Waals surface area (Å²) in [5.41, 5.74) is 2.70. The third-order valence-corrected chi connectivity index (χ3v) is 7.09. The summed E-state index contributed by atoms with van der Waals surface area (Å²) in [7, 11) is -2.35. The Kier molecular flexibility index (Phi) is 6.03. The number of carbonyl (C=O) groups is 1. The lowest BCUT2D eigenvalue weighted by Gasteiger charge is -2.17. The largest absolute Gasteiger partial charge is 0.324 e. The molecular formula is C16H19ClN2O3S2. The lowest BCUT2D eigenvalue weighted by Crippen LogP contribution is -2.34. The molecule has 8 heteroatoms. The van der Waals surface area contributed by atoms with E-state index < -0.39 is 10.0 Å². The second kappa shape index (κ2) is 7.65. The van der Waals surface area contributed by atoms with Crippen LogP contribution in [0.2, 0.25) is 4.34 Å². The highest BCUT2D eigenvalue weighted by atomic mass is 35.5. The van der Waals surface area contributed by atoms with Gasteiger partial charge in [-0.3, -0.25) is 4.79 Å². The number of benzene rings is 1. The molecule has 24 heavy (non-hydrogen) atoms. The predicted molar refractivity (Wildman–Crippen MR) is 98.3 cm³/mol. The Bertz CT molecular complexity index is 847. The van der Waals surface area contributed by atoms with Gasteiger partial charge in [0.25, 0.3) is 10.0 Å². The molecule has 0 radical (unpaired) electrons. The predicted octanol–water partition coefficient (Wildman–Crippen LogP) is 3.53. The molecule has 2 rings (SSSR count). The van der Waals surface area contributed by atoms with E-state index in [1.54, 1.807) is 0 Å². The van der Waals surface area contributed by atoms with Crippen LogP contribution in [0, 0.1) is 6.92 Å². The lowest BCUT2D eigenvalue weighted by atomic mass is 10.1. The monoisotopic (exact) mass is 386 g/mol. The Morgan fingerprint density at radius 2 is 2.00 bits per heavy atom. The number of anilines is 1. The molecule has 0 spiro atoms. The van der Waals surface area contributed by atoms with Crippen molar-refractivity contribution >= 4 is 44.6 Å². The number of nitrogens with zero attached hydrogens (tertiary/aromatic N) is 1. The molecule has 0 atom stereocenters. The number of para-hydroxylation sites is 1. The highest BCUT2D eigenvalue weighted by Gasteiger charge is 2.25. The van der Waals surface area contributed by atoms with E-state index in [2.05, 4.69) is 5.32 Å². The third kappa shape index (κ3) is 4.16. The Morgan fingerprint density at radius 1 is 1.29 bits per heavy atom. The molecule has 1 heterocycles. The standard InChI is InChI=1S/C16H19ClN2O3S2/c1-4-12-7-5-6-11(2)16(12)18-14(20)10-19(3)24(21,22)15-9-8-13(17)23-15/h5-9H,4,10H2,1-3H3,(H,18,20). The van der Waals surface area contributed by atoms with Gasteiger partial charge in [0.1, 0.15) is 4.21 Å². The van der Waals surface area contributed by atoms with Crippen molar-refractivity contribution < 1.29 is 13.2 Å². The van der Waals surface area contributed by atoms with Crippen LogP contribution in [0.15, 0.2) is 34.5 Å². The van der Waals surface area contributed by atoms with E-state index in [0.29, 0.717) is 4.34 Å². The van der Waals surface area contributed by atoms with Gasteiger partial charge in [-0.25, -0.2) is 8.42 Å². The SMILES string of the molecule is CCc1cccc(C)c1NC(=O)CN(C)S(=O)(=O)c1ccc(Cl)s1. The number of amides is 1. The summed E-state index contributed by atoms with van der Waals surface area (Å²) >= 11 is 6.76. The summed E-state index contributed by atoms with van der Waals surface area (Å²) in [5.74, 6) is -0.382. The molecule has 1 aromatic heterocycles. The highest BCUT2D eigenvalue weighted by Crippen LogP contribution is 2.27. The molecule has 5 nitrogen and oxygen atoms in total. The fourth-order valence-corrected chi connectivity index (χ4v) is 5.08. The zero-order valence-corrected chi connectivity index (χ0v) is 16.1. The quantitative estimate of drug-likeness (QED) is 0.825. The van der Waals surface area contributed by atoms with Crippen molar-refractivity contribution in [3.8, 4) is 0 Å². The smallest absolute Gasteiger partial charge is 0.252 e. The van der Waals surface area contributed by atoms with Crippen LogP contribution in [0.4, 0.5) is 5.69 Å². The van der Waals surface area contributed by atoms with Crippen molar-refractivity contribution in [2.45, 2.75) is 24.5 Å². The van der Waals surface area contributed by atoms with E-state index in [-0.39, 0.29) is 16.7 Å². The molecule has 130 valence electrons. The molecule has 0 saturated heterocycles. The first kappa shape index (κ1) is 18.9. The van der Waals surface area contributed by atoms with Gasteiger partial charge in [0.05, 0.1) is 10.9 Å². The molecular weight excluding hydrogens is 368 g/mol. The molecule has 0 aliphatic carbocycles. The maximum absolute atomic E-state index is 12.4. The van der Waals surface area contributed by atoms with Gasteiger partial charge in [0, 0.05) is 12.7 Å². The van der Waals surface area contributed by atoms with Crippen molar-refractivity contribution in [2.75, 3.05) is 18.9 Å². The van der Waals surface area contributed by atoms with Crippen LogP contribution < -0.4 is 5.32 Å². The van der Waals surface area contributed by atoms with Crippen molar-refractivity contribution in [1.82, 2.24) is 4.31 Å². The normalized spacial score (nSPS) is 11.7. The summed E-state index contributed by atoms with van der Waals surface area (Å²) in [6.45, 7) is 3.64. The Hall–Kier alpha value is -1.41. The van der Waals surface area contributed by atoms with Gasteiger partial charge in [-0.05, 0) is 36.6 Å². The third-order valence-electron chi connectivity index (χ3n) is 3.58. The second-order valence-electron chi connectivity index (χ2n) is 5.33. The van der Waals surface area contributed by atoms with Gasteiger partial charge in [-0.15, -0.1) is 11.3 Å². The first-order valence-electron chi connectivity index (χ1n) is 7.35. The zero-order valence-electron chi connectivity index (χ0n) is 13.7. The summed E-state index contributed by atoms with van der Waals surface area (Å²) < 4.78 is 26.4. The number of hydrogen-bond acceptors (Lipinski definition) is 4. The van der Waals surface area contributed by atoms with Crippen LogP contribution in [-0.2, 0) is 21.2 Å². The minimum atomic E-state index is -3.72. The number of halogens is 1. The molecule has 0 aliphatic heterocycles. The molecule has 1 amide bonds. The van der Waals surface area contributed by atoms with Gasteiger partial charge >= 0.3 is 0 Å². The number of nitrogens with one attached hydrogen (secondary N) is 1. The first-order chi connectivity index (χ1) is 11.3. The minimum Gasteiger partial charge on any atom is -0.324 e. The number of sulfonamides is 1. The number of hydrogen-bond donors (Lipinski definition) is 1. The van der Waals surface area contributed by atoms with E-state index in [1.807, 2.05) is 32.0 Å². The maximum Gasteiger partial charge on any atom is 0.252 e. The summed E-state index contributed by atoms with van der Waals surface area (Å²) in [6.07, 6.45) is 0.777. The van der Waals surface area contributed by atoms with Crippen LogP contribution >= 0.6 is 22.9 Å². The molecule has 0 bridgehead atoms. The van der Waals surface area contributed by atoms with Crippen LogP contribution in [-0.4, -0.2) is 32.2 Å². The summed E-state index contributed by atoms with van der Waals surface area (Å²) in [5, 5.41) is 2.82. The van der Waals surface area contributed by atoms with Gasteiger partial charge in [-0.1, -0.05) is 36.7 Å². The topological polar surface area (TPSA) is 66.5 Å². The molecule has 0 saturated carbocycles. The van der Waals surface area contributed by atoms with Crippen LogP contribution in [0.3, 0.4) is 0 Å². The van der Waals surface area contributed by atoms with Gasteiger partial charge < -0.3 is 5.32 Å². The van der Waals surface area contributed by atoms with Gasteiger partial charge in [0.2, 0.25) is 5.91 Å². The van der Waals surface area contributed by atoms with Crippen molar-refractivity contribution in [1.29, 1.82) is 0 Å². The van der Waals surface area contributed by atoms with Crippen LogP contribution in [0.5, 0.6) is 0 Å². The zero-order chi connectivity index (χ0) is 17.9. The number of thiophene rings is 1. The Morgan fingerprint density at radius 3 is 2.58 bits per heavy atom. The molecule has 0 fully saturated rings. The van der Waals surface area contributed by atoms with E-state index in [4.69, 9.17) is 11.6 Å².